The van der Waals surface area contributed by atoms with Gasteiger partial charge in [0.15, 0.2) is 0 Å². The van der Waals surface area contributed by atoms with E-state index in [1.807, 2.05) is 6.20 Å². The van der Waals surface area contributed by atoms with Crippen molar-refractivity contribution in [2.45, 2.75) is 52.0 Å². The molecule has 3 heteroatoms. The quantitative estimate of drug-likeness (QED) is 0.736. The molecule has 1 fully saturated rings. The molecule has 96 valence electrons. The van der Waals surface area contributed by atoms with Gasteiger partial charge in [0.1, 0.15) is 5.82 Å². The predicted octanol–water partition coefficient (Wildman–Crippen LogP) is 2.75. The fourth-order valence-corrected chi connectivity index (χ4v) is 2.78. The third-order valence-electron chi connectivity index (χ3n) is 3.89. The third-order valence-corrected chi connectivity index (χ3v) is 3.89. The van der Waals surface area contributed by atoms with Crippen molar-refractivity contribution in [3.05, 3.63) is 18.2 Å². The molecule has 0 radical (unpaired) electrons. The highest BCUT2D eigenvalue weighted by atomic mass is 15.1. The fraction of sp³-hybridized carbons (Fsp3) is 0.786. The van der Waals surface area contributed by atoms with E-state index in [1.54, 1.807) is 0 Å². The number of nitrogens with one attached hydrogen (secondary N) is 1. The molecule has 0 unspecified atom stereocenters. The lowest BCUT2D eigenvalue weighted by atomic mass is 10.0. The van der Waals surface area contributed by atoms with Crippen molar-refractivity contribution in [1.82, 2.24) is 14.9 Å². The minimum atomic E-state index is 1.03. The maximum absolute atomic E-state index is 4.22. The van der Waals surface area contributed by atoms with Crippen LogP contribution in [-0.4, -0.2) is 22.6 Å². The molecule has 0 aromatic carbocycles. The van der Waals surface area contributed by atoms with E-state index in [0.717, 1.165) is 24.8 Å². The smallest absolute Gasteiger partial charge is 0.105 e. The summed E-state index contributed by atoms with van der Waals surface area (Å²) in [4.78, 5) is 4.22. The van der Waals surface area contributed by atoms with Crippen LogP contribution in [0.3, 0.4) is 0 Å². The van der Waals surface area contributed by atoms with Crippen LogP contribution < -0.4 is 5.32 Å². The van der Waals surface area contributed by atoms with E-state index in [2.05, 4.69) is 28.0 Å². The first-order valence-corrected chi connectivity index (χ1v) is 7.05. The molecule has 0 spiro atoms. The molecule has 1 aromatic rings. The van der Waals surface area contributed by atoms with Gasteiger partial charge in [0, 0.05) is 25.5 Å². The number of nitrogens with zero attached hydrogens (tertiary/aromatic N) is 2. The lowest BCUT2D eigenvalue weighted by molar-refractivity contribution is 0.466. The van der Waals surface area contributed by atoms with Crippen LogP contribution >= 0.6 is 0 Å². The molecule has 0 bridgehead atoms. The monoisotopic (exact) mass is 235 g/mol. The fourth-order valence-electron chi connectivity index (χ4n) is 2.78. The molecular formula is C14H25N3. The Morgan fingerprint density at radius 2 is 2.18 bits per heavy atom. The molecule has 17 heavy (non-hydrogen) atoms. The molecule has 1 heterocycles. The second-order valence-corrected chi connectivity index (χ2v) is 5.21. The van der Waals surface area contributed by atoms with Gasteiger partial charge in [-0.15, -0.1) is 0 Å². The Balaban J connectivity index is 1.47. The minimum Gasteiger partial charge on any atom is -0.334 e. The molecule has 1 aliphatic rings. The largest absolute Gasteiger partial charge is 0.334 e. The first-order chi connectivity index (χ1) is 8.36. The molecule has 0 atom stereocenters. The summed E-state index contributed by atoms with van der Waals surface area (Å²) in [6.45, 7) is 5.32. The molecular weight excluding hydrogens is 210 g/mol. The molecule has 1 N–H and O–H groups in total. The van der Waals surface area contributed by atoms with Crippen LogP contribution in [0.2, 0.25) is 0 Å². The van der Waals surface area contributed by atoms with Crippen molar-refractivity contribution in [1.29, 1.82) is 0 Å². The van der Waals surface area contributed by atoms with E-state index >= 15 is 0 Å². The van der Waals surface area contributed by atoms with Crippen molar-refractivity contribution in [2.24, 2.45) is 5.92 Å². The van der Waals surface area contributed by atoms with Crippen LogP contribution in [0.4, 0.5) is 0 Å². The molecule has 3 nitrogen and oxygen atoms in total. The van der Waals surface area contributed by atoms with Gasteiger partial charge in [-0.1, -0.05) is 25.7 Å². The third kappa shape index (κ3) is 4.15. The maximum atomic E-state index is 4.22. The zero-order valence-electron chi connectivity index (χ0n) is 11.0. The molecule has 0 amide bonds. The second-order valence-electron chi connectivity index (χ2n) is 5.21. The predicted molar refractivity (Wildman–Crippen MR) is 71.0 cm³/mol. The number of aromatic nitrogens is 2. The highest BCUT2D eigenvalue weighted by molar-refractivity contribution is 4.88. The van der Waals surface area contributed by atoms with Crippen LogP contribution in [0.15, 0.2) is 12.4 Å². The zero-order chi connectivity index (χ0) is 11.9. The average Bonchev–Trinajstić information content (AvgIpc) is 2.95. The van der Waals surface area contributed by atoms with Crippen LogP contribution in [0.25, 0.3) is 0 Å². The normalized spacial score (nSPS) is 16.8. The van der Waals surface area contributed by atoms with E-state index in [0.29, 0.717) is 0 Å². The topological polar surface area (TPSA) is 29.9 Å². The maximum Gasteiger partial charge on any atom is 0.105 e. The van der Waals surface area contributed by atoms with E-state index < -0.39 is 0 Å². The van der Waals surface area contributed by atoms with Gasteiger partial charge in [0.25, 0.3) is 0 Å². The van der Waals surface area contributed by atoms with Gasteiger partial charge >= 0.3 is 0 Å². The molecule has 1 aromatic heterocycles. The van der Waals surface area contributed by atoms with E-state index in [1.165, 1.54) is 45.1 Å². The summed E-state index contributed by atoms with van der Waals surface area (Å²) in [6.07, 6.45) is 12.6. The highest BCUT2D eigenvalue weighted by Gasteiger charge is 2.13. The average molecular weight is 235 g/mol. The van der Waals surface area contributed by atoms with Crippen LogP contribution in [0, 0.1) is 12.8 Å². The van der Waals surface area contributed by atoms with Crippen molar-refractivity contribution in [3.8, 4) is 0 Å². The summed E-state index contributed by atoms with van der Waals surface area (Å²) in [5, 5.41) is 3.53. The van der Waals surface area contributed by atoms with Gasteiger partial charge in [-0.2, -0.15) is 0 Å². The lowest BCUT2D eigenvalue weighted by Crippen LogP contribution is -2.21. The molecule has 0 saturated heterocycles. The van der Waals surface area contributed by atoms with Crippen LogP contribution in [0.1, 0.15) is 44.3 Å². The second kappa shape index (κ2) is 6.80. The Bertz CT molecular complexity index is 313. The van der Waals surface area contributed by atoms with Crippen LogP contribution in [0.5, 0.6) is 0 Å². The van der Waals surface area contributed by atoms with E-state index in [9.17, 15) is 0 Å². The first kappa shape index (κ1) is 12.6. The van der Waals surface area contributed by atoms with E-state index in [4.69, 9.17) is 0 Å². The Labute approximate surface area is 105 Å². The van der Waals surface area contributed by atoms with Gasteiger partial charge in [-0.05, 0) is 32.2 Å². The van der Waals surface area contributed by atoms with E-state index in [-0.39, 0.29) is 0 Å². The zero-order valence-corrected chi connectivity index (χ0v) is 11.0. The van der Waals surface area contributed by atoms with Gasteiger partial charge < -0.3 is 9.88 Å². The van der Waals surface area contributed by atoms with Crippen molar-refractivity contribution >= 4 is 0 Å². The number of hydrogen-bond acceptors (Lipinski definition) is 2. The lowest BCUT2D eigenvalue weighted by Gasteiger charge is -2.10. The summed E-state index contributed by atoms with van der Waals surface area (Å²) >= 11 is 0. The summed E-state index contributed by atoms with van der Waals surface area (Å²) in [5.41, 5.74) is 0. The molecule has 1 saturated carbocycles. The Morgan fingerprint density at radius 1 is 1.35 bits per heavy atom. The summed E-state index contributed by atoms with van der Waals surface area (Å²) in [6, 6.07) is 0. The molecule has 2 rings (SSSR count). The van der Waals surface area contributed by atoms with Gasteiger partial charge in [0.05, 0.1) is 0 Å². The molecule has 0 aliphatic heterocycles. The van der Waals surface area contributed by atoms with Crippen molar-refractivity contribution in [2.75, 3.05) is 13.1 Å². The van der Waals surface area contributed by atoms with Gasteiger partial charge in [-0.25, -0.2) is 4.98 Å². The number of aryl methyl sites for hydroxylation is 1. The minimum absolute atomic E-state index is 1.03. The van der Waals surface area contributed by atoms with Gasteiger partial charge in [0.2, 0.25) is 0 Å². The Kier molecular flexibility index (Phi) is 5.05. The van der Waals surface area contributed by atoms with Crippen molar-refractivity contribution in [3.63, 3.8) is 0 Å². The highest BCUT2D eigenvalue weighted by Crippen LogP contribution is 2.28. The summed E-state index contributed by atoms with van der Waals surface area (Å²) < 4.78 is 2.20. The SMILES string of the molecule is Cc1nccn1CCNCCCC1CCCC1. The Morgan fingerprint density at radius 3 is 2.88 bits per heavy atom. The summed E-state index contributed by atoms with van der Waals surface area (Å²) in [5.74, 6) is 2.14. The molecule has 1 aliphatic carbocycles. The standard InChI is InChI=1S/C14H25N3/c1-13-16-10-12-17(13)11-9-15-8-4-7-14-5-2-3-6-14/h10,12,14-15H,2-9,11H2,1H3. The number of imidazole rings is 1. The summed E-state index contributed by atoms with van der Waals surface area (Å²) in [7, 11) is 0. The van der Waals surface area contributed by atoms with Crippen LogP contribution in [-0.2, 0) is 6.54 Å². The first-order valence-electron chi connectivity index (χ1n) is 7.05. The number of rotatable bonds is 7. The van der Waals surface area contributed by atoms with Gasteiger partial charge in [-0.3, -0.25) is 0 Å². The Hall–Kier alpha value is -0.830. The van der Waals surface area contributed by atoms with Crippen molar-refractivity contribution < 1.29 is 0 Å². The number of hydrogen-bond donors (Lipinski definition) is 1.